The Morgan fingerprint density at radius 2 is 2.06 bits per heavy atom. The van der Waals surface area contributed by atoms with Crippen molar-refractivity contribution in [3.8, 4) is 0 Å². The van der Waals surface area contributed by atoms with Crippen LogP contribution in [0.15, 0.2) is 6.07 Å². The van der Waals surface area contributed by atoms with Gasteiger partial charge in [0.15, 0.2) is 0 Å². The van der Waals surface area contributed by atoms with Crippen molar-refractivity contribution in [1.82, 2.24) is 9.97 Å². The fraction of sp³-hybridized carbons (Fsp3) is 0.692. The van der Waals surface area contributed by atoms with Crippen molar-refractivity contribution in [3.05, 3.63) is 17.6 Å². The highest BCUT2D eigenvalue weighted by Gasteiger charge is 2.11. The van der Waals surface area contributed by atoms with Crippen LogP contribution < -0.4 is 5.32 Å². The number of aromatic nitrogens is 2. The highest BCUT2D eigenvalue weighted by Crippen LogP contribution is 2.14. The van der Waals surface area contributed by atoms with Gasteiger partial charge in [-0.2, -0.15) is 0 Å². The molecular formula is C13H22ClN3. The summed E-state index contributed by atoms with van der Waals surface area (Å²) < 4.78 is 0. The molecule has 0 amide bonds. The van der Waals surface area contributed by atoms with Gasteiger partial charge in [0.1, 0.15) is 11.6 Å². The van der Waals surface area contributed by atoms with Gasteiger partial charge < -0.3 is 5.32 Å². The first kappa shape index (κ1) is 14.2. The van der Waals surface area contributed by atoms with Gasteiger partial charge in [-0.05, 0) is 25.7 Å². The summed E-state index contributed by atoms with van der Waals surface area (Å²) in [4.78, 5) is 8.76. The Balaban J connectivity index is 2.74. The van der Waals surface area contributed by atoms with Gasteiger partial charge in [-0.25, -0.2) is 9.97 Å². The lowest BCUT2D eigenvalue weighted by atomic mass is 10.1. The molecular weight excluding hydrogens is 234 g/mol. The lowest BCUT2D eigenvalue weighted by Crippen LogP contribution is -2.24. The minimum absolute atomic E-state index is 0.274. The molecule has 0 saturated carbocycles. The molecule has 1 heterocycles. The molecule has 0 aliphatic heterocycles. The van der Waals surface area contributed by atoms with Crippen LogP contribution in [-0.2, 0) is 6.42 Å². The van der Waals surface area contributed by atoms with Crippen LogP contribution >= 0.6 is 11.6 Å². The van der Waals surface area contributed by atoms with Crippen LogP contribution in [0.2, 0.25) is 0 Å². The summed E-state index contributed by atoms with van der Waals surface area (Å²) in [6, 6.07) is 2.28. The molecule has 0 aliphatic rings. The van der Waals surface area contributed by atoms with E-state index in [0.29, 0.717) is 11.8 Å². The first-order valence-electron chi connectivity index (χ1n) is 6.22. The van der Waals surface area contributed by atoms with E-state index in [4.69, 9.17) is 11.6 Å². The van der Waals surface area contributed by atoms with Gasteiger partial charge in [0, 0.05) is 23.7 Å². The van der Waals surface area contributed by atoms with Crippen molar-refractivity contribution in [2.24, 2.45) is 5.92 Å². The van der Waals surface area contributed by atoms with Crippen LogP contribution in [0.4, 0.5) is 5.82 Å². The Morgan fingerprint density at radius 3 is 2.59 bits per heavy atom. The molecule has 1 aromatic rings. The van der Waals surface area contributed by atoms with E-state index in [9.17, 15) is 0 Å². The molecule has 3 nitrogen and oxygen atoms in total. The zero-order valence-corrected chi connectivity index (χ0v) is 11.9. The van der Waals surface area contributed by atoms with Gasteiger partial charge >= 0.3 is 0 Å². The summed E-state index contributed by atoms with van der Waals surface area (Å²) >= 11 is 5.97. The van der Waals surface area contributed by atoms with Gasteiger partial charge in [-0.1, -0.05) is 20.8 Å². The molecule has 0 radical (unpaired) electrons. The van der Waals surface area contributed by atoms with E-state index in [0.717, 1.165) is 30.2 Å². The van der Waals surface area contributed by atoms with E-state index < -0.39 is 0 Å². The molecule has 1 rings (SSSR count). The fourth-order valence-electron chi connectivity index (χ4n) is 1.82. The number of hydrogen-bond donors (Lipinski definition) is 1. The summed E-state index contributed by atoms with van der Waals surface area (Å²) in [5.41, 5.74) is 1.07. The monoisotopic (exact) mass is 255 g/mol. The third-order valence-electron chi connectivity index (χ3n) is 2.55. The van der Waals surface area contributed by atoms with Crippen molar-refractivity contribution >= 4 is 17.4 Å². The summed E-state index contributed by atoms with van der Waals surface area (Å²) in [5, 5.41) is 3.39. The van der Waals surface area contributed by atoms with E-state index in [1.165, 1.54) is 0 Å². The third-order valence-corrected chi connectivity index (χ3v) is 2.92. The normalized spacial score (nSPS) is 12.8. The van der Waals surface area contributed by atoms with Gasteiger partial charge in [0.05, 0.1) is 0 Å². The molecule has 4 heteroatoms. The topological polar surface area (TPSA) is 37.8 Å². The van der Waals surface area contributed by atoms with Crippen molar-refractivity contribution in [1.29, 1.82) is 0 Å². The smallest absolute Gasteiger partial charge is 0.130 e. The molecule has 0 fully saturated rings. The molecule has 17 heavy (non-hydrogen) atoms. The number of hydrogen-bond acceptors (Lipinski definition) is 3. The Bertz CT molecular complexity index is 353. The minimum atomic E-state index is 0.274. The fourth-order valence-corrected chi connectivity index (χ4v) is 2.03. The Kier molecular flexibility index (Phi) is 5.69. The second kappa shape index (κ2) is 6.80. The van der Waals surface area contributed by atoms with Crippen molar-refractivity contribution in [2.75, 3.05) is 11.2 Å². The van der Waals surface area contributed by atoms with E-state index in [-0.39, 0.29) is 6.04 Å². The largest absolute Gasteiger partial charge is 0.366 e. The Morgan fingerprint density at radius 1 is 1.35 bits per heavy atom. The number of rotatable bonds is 6. The Labute approximate surface area is 109 Å². The number of aryl methyl sites for hydroxylation is 2. The van der Waals surface area contributed by atoms with Gasteiger partial charge in [0.25, 0.3) is 0 Å². The van der Waals surface area contributed by atoms with Crippen molar-refractivity contribution < 1.29 is 0 Å². The SMILES string of the molecule is CCc1cc(NC(CCl)CC(C)C)nc(C)n1. The lowest BCUT2D eigenvalue weighted by molar-refractivity contribution is 0.541. The molecule has 1 unspecified atom stereocenters. The van der Waals surface area contributed by atoms with Gasteiger partial charge in [0.2, 0.25) is 0 Å². The number of anilines is 1. The maximum Gasteiger partial charge on any atom is 0.130 e. The van der Waals surface area contributed by atoms with Crippen LogP contribution in [0, 0.1) is 12.8 Å². The quantitative estimate of drug-likeness (QED) is 0.792. The summed E-state index contributed by atoms with van der Waals surface area (Å²) in [6.07, 6.45) is 1.97. The van der Waals surface area contributed by atoms with Gasteiger partial charge in [-0.15, -0.1) is 11.6 Å². The number of nitrogens with one attached hydrogen (secondary N) is 1. The van der Waals surface area contributed by atoms with Crippen LogP contribution in [0.3, 0.4) is 0 Å². The van der Waals surface area contributed by atoms with Crippen molar-refractivity contribution in [2.45, 2.75) is 46.6 Å². The second-order valence-electron chi connectivity index (χ2n) is 4.77. The average Bonchev–Trinajstić information content (AvgIpc) is 2.26. The van der Waals surface area contributed by atoms with Crippen LogP contribution in [-0.4, -0.2) is 21.9 Å². The molecule has 0 aromatic carbocycles. The molecule has 96 valence electrons. The highest BCUT2D eigenvalue weighted by molar-refractivity contribution is 6.18. The predicted octanol–water partition coefficient (Wildman–Crippen LogP) is 3.41. The number of halogens is 1. The minimum Gasteiger partial charge on any atom is -0.366 e. The van der Waals surface area contributed by atoms with E-state index in [1.54, 1.807) is 0 Å². The zero-order valence-electron chi connectivity index (χ0n) is 11.1. The molecule has 0 aliphatic carbocycles. The maximum absolute atomic E-state index is 5.97. The summed E-state index contributed by atoms with van der Waals surface area (Å²) in [6.45, 7) is 8.41. The van der Waals surface area contributed by atoms with Gasteiger partial charge in [-0.3, -0.25) is 0 Å². The van der Waals surface area contributed by atoms with Crippen LogP contribution in [0.5, 0.6) is 0 Å². The van der Waals surface area contributed by atoms with E-state index in [2.05, 4.69) is 36.1 Å². The average molecular weight is 256 g/mol. The lowest BCUT2D eigenvalue weighted by Gasteiger charge is -2.19. The van der Waals surface area contributed by atoms with E-state index >= 15 is 0 Å². The highest BCUT2D eigenvalue weighted by atomic mass is 35.5. The van der Waals surface area contributed by atoms with Crippen LogP contribution in [0.1, 0.15) is 38.7 Å². The maximum atomic E-state index is 5.97. The molecule has 1 atom stereocenters. The predicted molar refractivity (Wildman–Crippen MR) is 73.7 cm³/mol. The van der Waals surface area contributed by atoms with E-state index in [1.807, 2.05) is 13.0 Å². The third kappa shape index (κ3) is 4.90. The number of nitrogens with zero attached hydrogens (tertiary/aromatic N) is 2. The van der Waals surface area contributed by atoms with Crippen molar-refractivity contribution in [3.63, 3.8) is 0 Å². The Hall–Kier alpha value is -0.830. The standard InChI is InChI=1S/C13H22ClN3/c1-5-11-7-13(16-10(4)15-11)17-12(8-14)6-9(2)3/h7,9,12H,5-6,8H2,1-4H3,(H,15,16,17). The molecule has 1 N–H and O–H groups in total. The molecule has 1 aromatic heterocycles. The molecule has 0 bridgehead atoms. The second-order valence-corrected chi connectivity index (χ2v) is 5.08. The molecule has 0 spiro atoms. The first-order valence-corrected chi connectivity index (χ1v) is 6.75. The first-order chi connectivity index (χ1) is 8.05. The zero-order chi connectivity index (χ0) is 12.8. The number of alkyl halides is 1. The molecule has 0 saturated heterocycles. The van der Waals surface area contributed by atoms with Crippen LogP contribution in [0.25, 0.3) is 0 Å². The summed E-state index contributed by atoms with van der Waals surface area (Å²) in [5.74, 6) is 2.92. The summed E-state index contributed by atoms with van der Waals surface area (Å²) in [7, 11) is 0.